The third-order valence-electron chi connectivity index (χ3n) is 2.04. The van der Waals surface area contributed by atoms with Crippen molar-refractivity contribution in [3.8, 4) is 5.75 Å². The summed E-state index contributed by atoms with van der Waals surface area (Å²) in [5.41, 5.74) is 1.75. The molecule has 0 aliphatic rings. The van der Waals surface area contributed by atoms with Gasteiger partial charge in [0, 0.05) is 19.2 Å². The van der Waals surface area contributed by atoms with Crippen LogP contribution in [0, 0.1) is 0 Å². The summed E-state index contributed by atoms with van der Waals surface area (Å²) in [6.07, 6.45) is 0. The lowest BCUT2D eigenvalue weighted by molar-refractivity contribution is -0.114. The van der Waals surface area contributed by atoms with E-state index in [1.165, 1.54) is 6.92 Å². The third-order valence-corrected chi connectivity index (χ3v) is 2.04. The highest BCUT2D eigenvalue weighted by molar-refractivity contribution is 5.88. The molecule has 0 aliphatic carbocycles. The van der Waals surface area contributed by atoms with E-state index in [1.54, 1.807) is 12.1 Å². The number of hydrogen-bond acceptors (Lipinski definition) is 3. The molecule has 1 aromatic rings. The molecule has 17 heavy (non-hydrogen) atoms. The van der Waals surface area contributed by atoms with E-state index in [-0.39, 0.29) is 5.91 Å². The highest BCUT2D eigenvalue weighted by atomic mass is 16.5. The van der Waals surface area contributed by atoms with Crippen molar-refractivity contribution in [2.45, 2.75) is 6.92 Å². The first-order valence-corrected chi connectivity index (χ1v) is 5.43. The molecule has 92 valence electrons. The van der Waals surface area contributed by atoms with Crippen molar-refractivity contribution < 1.29 is 9.53 Å². The predicted molar refractivity (Wildman–Crippen MR) is 69.3 cm³/mol. The van der Waals surface area contributed by atoms with E-state index in [0.29, 0.717) is 6.61 Å². The quantitative estimate of drug-likeness (QED) is 0.738. The van der Waals surface area contributed by atoms with Gasteiger partial charge in [-0.25, -0.2) is 0 Å². The molecule has 0 atom stereocenters. The Morgan fingerprint density at radius 2 is 2.00 bits per heavy atom. The minimum absolute atomic E-state index is 0.0823. The number of amides is 1. The van der Waals surface area contributed by atoms with Gasteiger partial charge in [0.1, 0.15) is 12.4 Å². The van der Waals surface area contributed by atoms with Crippen molar-refractivity contribution in [3.63, 3.8) is 0 Å². The Morgan fingerprint density at radius 3 is 2.53 bits per heavy atom. The zero-order chi connectivity index (χ0) is 12.7. The Bertz CT molecular complexity index is 385. The summed E-state index contributed by atoms with van der Waals surface area (Å²) in [7, 11) is 1.87. The Morgan fingerprint density at radius 1 is 1.35 bits per heavy atom. The van der Waals surface area contributed by atoms with E-state index < -0.39 is 0 Å². The van der Waals surface area contributed by atoms with Crippen LogP contribution in [0.2, 0.25) is 0 Å². The average Bonchev–Trinajstić information content (AvgIpc) is 2.28. The van der Waals surface area contributed by atoms with Crippen molar-refractivity contribution in [3.05, 3.63) is 36.4 Å². The second-order valence-corrected chi connectivity index (χ2v) is 3.77. The number of ether oxygens (including phenoxy) is 1. The lowest BCUT2D eigenvalue weighted by atomic mass is 10.3. The number of benzene rings is 1. The first-order chi connectivity index (χ1) is 8.11. The van der Waals surface area contributed by atoms with Crippen LogP contribution in [0.4, 0.5) is 5.69 Å². The number of rotatable bonds is 6. The first-order valence-electron chi connectivity index (χ1n) is 5.43. The maximum absolute atomic E-state index is 10.8. The fourth-order valence-electron chi connectivity index (χ4n) is 1.32. The van der Waals surface area contributed by atoms with Crippen LogP contribution in [0.25, 0.3) is 0 Å². The van der Waals surface area contributed by atoms with Crippen LogP contribution in [0.3, 0.4) is 0 Å². The van der Waals surface area contributed by atoms with Gasteiger partial charge in [-0.3, -0.25) is 4.79 Å². The molecule has 0 heterocycles. The second-order valence-electron chi connectivity index (χ2n) is 3.77. The second kappa shape index (κ2) is 6.70. The molecule has 1 amide bonds. The smallest absolute Gasteiger partial charge is 0.221 e. The molecule has 0 aromatic heterocycles. The number of likely N-dealkylation sites (N-methyl/N-ethyl adjacent to an activating group) is 1. The number of anilines is 1. The van der Waals surface area contributed by atoms with E-state index in [1.807, 2.05) is 19.2 Å². The molecule has 0 saturated carbocycles. The normalized spacial score (nSPS) is 9.76. The zero-order valence-electron chi connectivity index (χ0n) is 10.2. The summed E-state index contributed by atoms with van der Waals surface area (Å²) in [4.78, 5) is 10.8. The summed E-state index contributed by atoms with van der Waals surface area (Å²) in [5, 5.41) is 5.70. The van der Waals surface area contributed by atoms with Crippen LogP contribution < -0.4 is 15.4 Å². The van der Waals surface area contributed by atoms with Gasteiger partial charge < -0.3 is 15.4 Å². The van der Waals surface area contributed by atoms with E-state index in [0.717, 1.165) is 23.6 Å². The highest BCUT2D eigenvalue weighted by Crippen LogP contribution is 2.15. The average molecular weight is 234 g/mol. The molecule has 0 spiro atoms. The molecule has 4 nitrogen and oxygen atoms in total. The van der Waals surface area contributed by atoms with Gasteiger partial charge in [0.2, 0.25) is 5.91 Å². The van der Waals surface area contributed by atoms with Crippen LogP contribution in [0.5, 0.6) is 5.75 Å². The van der Waals surface area contributed by atoms with Crippen LogP contribution in [0.1, 0.15) is 6.92 Å². The van der Waals surface area contributed by atoms with Crippen molar-refractivity contribution in [1.82, 2.24) is 5.32 Å². The van der Waals surface area contributed by atoms with Gasteiger partial charge in [-0.1, -0.05) is 6.58 Å². The maximum Gasteiger partial charge on any atom is 0.221 e. The van der Waals surface area contributed by atoms with Crippen molar-refractivity contribution in [2.75, 3.05) is 25.5 Å². The maximum atomic E-state index is 10.8. The lowest BCUT2D eigenvalue weighted by Crippen LogP contribution is -2.14. The number of hydrogen-bond donors (Lipinski definition) is 2. The topological polar surface area (TPSA) is 50.4 Å². The lowest BCUT2D eigenvalue weighted by Gasteiger charge is -2.09. The SMILES string of the molecule is C=C(CNC)COc1ccc(NC(C)=O)cc1. The largest absolute Gasteiger partial charge is 0.489 e. The Balaban J connectivity index is 2.45. The van der Waals surface area contributed by atoms with E-state index in [2.05, 4.69) is 17.2 Å². The molecule has 0 aliphatic heterocycles. The standard InChI is InChI=1S/C13H18N2O2/c1-10(8-14-3)9-17-13-6-4-12(5-7-13)15-11(2)16/h4-7,14H,1,8-9H2,2-3H3,(H,15,16). The Labute approximate surface area is 102 Å². The highest BCUT2D eigenvalue weighted by Gasteiger charge is 1.98. The van der Waals surface area contributed by atoms with Crippen LogP contribution in [-0.4, -0.2) is 26.1 Å². The van der Waals surface area contributed by atoms with Crippen LogP contribution in [-0.2, 0) is 4.79 Å². The predicted octanol–water partition coefficient (Wildman–Crippen LogP) is 1.80. The minimum atomic E-state index is -0.0823. The third kappa shape index (κ3) is 5.17. The Hall–Kier alpha value is -1.81. The zero-order valence-corrected chi connectivity index (χ0v) is 10.2. The summed E-state index contributed by atoms with van der Waals surface area (Å²) >= 11 is 0. The summed E-state index contributed by atoms with van der Waals surface area (Å²) in [6, 6.07) is 7.24. The van der Waals surface area contributed by atoms with Crippen LogP contribution in [0.15, 0.2) is 36.4 Å². The van der Waals surface area contributed by atoms with Gasteiger partial charge in [-0.05, 0) is 36.9 Å². The van der Waals surface area contributed by atoms with Gasteiger partial charge in [0.15, 0.2) is 0 Å². The first kappa shape index (κ1) is 13.3. The van der Waals surface area contributed by atoms with Gasteiger partial charge in [0.25, 0.3) is 0 Å². The summed E-state index contributed by atoms with van der Waals surface area (Å²) < 4.78 is 5.53. The molecule has 0 unspecified atom stereocenters. The van der Waals surface area contributed by atoms with Crippen LogP contribution >= 0.6 is 0 Å². The van der Waals surface area contributed by atoms with E-state index in [9.17, 15) is 4.79 Å². The van der Waals surface area contributed by atoms with Gasteiger partial charge in [-0.2, -0.15) is 0 Å². The number of carbonyl (C=O) groups is 1. The Kier molecular flexibility index (Phi) is 5.23. The molecule has 1 aromatic carbocycles. The number of carbonyl (C=O) groups excluding carboxylic acids is 1. The van der Waals surface area contributed by atoms with Crippen molar-refractivity contribution in [1.29, 1.82) is 0 Å². The fraction of sp³-hybridized carbons (Fsp3) is 0.308. The monoisotopic (exact) mass is 234 g/mol. The van der Waals surface area contributed by atoms with Gasteiger partial charge >= 0.3 is 0 Å². The molecule has 0 radical (unpaired) electrons. The minimum Gasteiger partial charge on any atom is -0.489 e. The molecule has 1 rings (SSSR count). The molecule has 0 saturated heterocycles. The van der Waals surface area contributed by atoms with Gasteiger partial charge in [-0.15, -0.1) is 0 Å². The van der Waals surface area contributed by atoms with Gasteiger partial charge in [0.05, 0.1) is 0 Å². The van der Waals surface area contributed by atoms with Crippen molar-refractivity contribution >= 4 is 11.6 Å². The molecular weight excluding hydrogens is 216 g/mol. The number of nitrogens with one attached hydrogen (secondary N) is 2. The molecule has 4 heteroatoms. The fourth-order valence-corrected chi connectivity index (χ4v) is 1.32. The molecule has 2 N–H and O–H groups in total. The van der Waals surface area contributed by atoms with Crippen molar-refractivity contribution in [2.24, 2.45) is 0 Å². The molecule has 0 fully saturated rings. The van der Waals surface area contributed by atoms with E-state index in [4.69, 9.17) is 4.74 Å². The summed E-state index contributed by atoms with van der Waals surface area (Å²) in [5.74, 6) is 0.678. The molecular formula is C13H18N2O2. The summed E-state index contributed by atoms with van der Waals surface area (Å²) in [6.45, 7) is 6.58. The molecule has 0 bridgehead atoms. The van der Waals surface area contributed by atoms with E-state index >= 15 is 0 Å².